The van der Waals surface area contributed by atoms with Crippen molar-refractivity contribution in [3.63, 3.8) is 0 Å². The molecular weight excluding hydrogens is 326 g/mol. The van der Waals surface area contributed by atoms with Crippen LogP contribution in [0.4, 0.5) is 5.82 Å². The molecule has 1 aromatic heterocycles. The molecule has 0 amide bonds. The van der Waals surface area contributed by atoms with Gasteiger partial charge in [-0.2, -0.15) is 0 Å². The predicted molar refractivity (Wildman–Crippen MR) is 105 cm³/mol. The molecule has 1 aliphatic rings. The van der Waals surface area contributed by atoms with Crippen molar-refractivity contribution < 1.29 is 9.47 Å². The Labute approximate surface area is 156 Å². The molecule has 0 unspecified atom stereocenters. The molecule has 1 N–H and O–H groups in total. The number of hydrogen-bond donors (Lipinski definition) is 1. The molecule has 5 nitrogen and oxygen atoms in total. The van der Waals surface area contributed by atoms with Crippen molar-refractivity contribution in [3.8, 4) is 11.5 Å². The van der Waals surface area contributed by atoms with Crippen LogP contribution in [0.1, 0.15) is 31.7 Å². The second kappa shape index (κ2) is 10.0. The molecule has 0 radical (unpaired) electrons. The number of hydrogen-bond acceptors (Lipinski definition) is 5. The first-order chi connectivity index (χ1) is 12.8. The Morgan fingerprint density at radius 3 is 2.69 bits per heavy atom. The van der Waals surface area contributed by atoms with Gasteiger partial charge >= 0.3 is 0 Å². The summed E-state index contributed by atoms with van der Waals surface area (Å²) in [4.78, 5) is 6.76. The molecule has 140 valence electrons. The van der Waals surface area contributed by atoms with Crippen LogP contribution in [0.15, 0.2) is 42.6 Å². The minimum absolute atomic E-state index is 0.625. The van der Waals surface area contributed by atoms with Crippen LogP contribution in [0.25, 0.3) is 0 Å². The first-order valence-corrected chi connectivity index (χ1v) is 9.61. The van der Waals surface area contributed by atoms with E-state index >= 15 is 0 Å². The molecule has 0 spiro atoms. The standard InChI is InChI=1S/C21H29N3O2/c1-2-25-20-16-18(17-23-21-8-4-5-11-22-21)9-10-19(20)26-15-14-24-12-6-3-7-13-24/h4-5,8-11,16H,2-3,6-7,12-15,17H2,1H3,(H,22,23). The Bertz CT molecular complexity index is 658. The summed E-state index contributed by atoms with van der Waals surface area (Å²) in [5.41, 5.74) is 1.14. The van der Waals surface area contributed by atoms with E-state index in [9.17, 15) is 0 Å². The van der Waals surface area contributed by atoms with Gasteiger partial charge in [-0.3, -0.25) is 4.90 Å². The third kappa shape index (κ3) is 5.63. The molecule has 1 fully saturated rings. The predicted octanol–water partition coefficient (Wildman–Crippen LogP) is 3.96. The van der Waals surface area contributed by atoms with E-state index in [1.807, 2.05) is 31.2 Å². The van der Waals surface area contributed by atoms with Crippen molar-refractivity contribution >= 4 is 5.82 Å². The van der Waals surface area contributed by atoms with Crippen LogP contribution in [0.2, 0.25) is 0 Å². The Hall–Kier alpha value is -2.27. The number of benzene rings is 1. The van der Waals surface area contributed by atoms with Gasteiger partial charge in [0.25, 0.3) is 0 Å². The summed E-state index contributed by atoms with van der Waals surface area (Å²) in [6.07, 6.45) is 5.76. The maximum absolute atomic E-state index is 6.01. The zero-order valence-corrected chi connectivity index (χ0v) is 15.6. The van der Waals surface area contributed by atoms with Gasteiger partial charge in [0.1, 0.15) is 12.4 Å². The largest absolute Gasteiger partial charge is 0.490 e. The Kier molecular flexibility index (Phi) is 7.14. The zero-order chi connectivity index (χ0) is 18.0. The average molecular weight is 355 g/mol. The van der Waals surface area contributed by atoms with Crippen molar-refractivity contribution in [1.82, 2.24) is 9.88 Å². The summed E-state index contributed by atoms with van der Waals surface area (Å²) >= 11 is 0. The smallest absolute Gasteiger partial charge is 0.161 e. The summed E-state index contributed by atoms with van der Waals surface area (Å²) in [7, 11) is 0. The number of pyridine rings is 1. The van der Waals surface area contributed by atoms with Gasteiger partial charge in [-0.25, -0.2) is 4.98 Å². The third-order valence-corrected chi connectivity index (χ3v) is 4.56. The number of anilines is 1. The summed E-state index contributed by atoms with van der Waals surface area (Å²) in [6, 6.07) is 12.0. The van der Waals surface area contributed by atoms with Gasteiger partial charge in [-0.15, -0.1) is 0 Å². The van der Waals surface area contributed by atoms with E-state index < -0.39 is 0 Å². The van der Waals surface area contributed by atoms with E-state index in [1.165, 1.54) is 32.4 Å². The molecule has 2 heterocycles. The molecule has 1 aromatic carbocycles. The first-order valence-electron chi connectivity index (χ1n) is 9.61. The van der Waals surface area contributed by atoms with Gasteiger partial charge in [0.15, 0.2) is 11.5 Å². The molecule has 2 aromatic rings. The number of likely N-dealkylation sites (tertiary alicyclic amines) is 1. The number of piperidine rings is 1. The van der Waals surface area contributed by atoms with Crippen LogP contribution < -0.4 is 14.8 Å². The SMILES string of the molecule is CCOc1cc(CNc2ccccn2)ccc1OCCN1CCCCC1. The van der Waals surface area contributed by atoms with Crippen LogP contribution in [0.5, 0.6) is 11.5 Å². The lowest BCUT2D eigenvalue weighted by Gasteiger charge is -2.26. The highest BCUT2D eigenvalue weighted by molar-refractivity contribution is 5.44. The fourth-order valence-electron chi connectivity index (χ4n) is 3.18. The highest BCUT2D eigenvalue weighted by atomic mass is 16.5. The van der Waals surface area contributed by atoms with E-state index in [2.05, 4.69) is 27.3 Å². The molecule has 0 aliphatic carbocycles. The molecule has 5 heteroatoms. The number of ether oxygens (including phenoxy) is 2. The lowest BCUT2D eigenvalue weighted by atomic mass is 10.1. The summed E-state index contributed by atoms with van der Waals surface area (Å²) in [5.74, 6) is 2.50. The lowest BCUT2D eigenvalue weighted by molar-refractivity contribution is 0.179. The number of nitrogens with one attached hydrogen (secondary N) is 1. The van der Waals surface area contributed by atoms with Gasteiger partial charge < -0.3 is 14.8 Å². The van der Waals surface area contributed by atoms with E-state index in [0.717, 1.165) is 29.4 Å². The van der Waals surface area contributed by atoms with Crippen LogP contribution in [-0.2, 0) is 6.54 Å². The van der Waals surface area contributed by atoms with Gasteiger partial charge in [-0.1, -0.05) is 18.6 Å². The molecule has 1 saturated heterocycles. The second-order valence-electron chi connectivity index (χ2n) is 6.53. The molecule has 0 saturated carbocycles. The van der Waals surface area contributed by atoms with Gasteiger partial charge in [-0.05, 0) is 62.7 Å². The summed E-state index contributed by atoms with van der Waals surface area (Å²) < 4.78 is 11.8. The fraction of sp³-hybridized carbons (Fsp3) is 0.476. The highest BCUT2D eigenvalue weighted by Gasteiger charge is 2.11. The van der Waals surface area contributed by atoms with Crippen molar-refractivity contribution in [2.45, 2.75) is 32.7 Å². The van der Waals surface area contributed by atoms with Crippen molar-refractivity contribution in [2.75, 3.05) is 38.2 Å². The van der Waals surface area contributed by atoms with Crippen molar-refractivity contribution in [3.05, 3.63) is 48.2 Å². The van der Waals surface area contributed by atoms with E-state index in [4.69, 9.17) is 9.47 Å². The topological polar surface area (TPSA) is 46.6 Å². The minimum atomic E-state index is 0.625. The van der Waals surface area contributed by atoms with Crippen molar-refractivity contribution in [2.24, 2.45) is 0 Å². The maximum atomic E-state index is 6.01. The Morgan fingerprint density at radius 2 is 1.92 bits per heavy atom. The monoisotopic (exact) mass is 355 g/mol. The fourth-order valence-corrected chi connectivity index (χ4v) is 3.18. The quantitative estimate of drug-likeness (QED) is 0.738. The van der Waals surface area contributed by atoms with Crippen LogP contribution in [0.3, 0.4) is 0 Å². The maximum Gasteiger partial charge on any atom is 0.161 e. The normalized spacial score (nSPS) is 14.8. The molecule has 0 atom stereocenters. The number of rotatable bonds is 9. The van der Waals surface area contributed by atoms with Gasteiger partial charge in [0, 0.05) is 19.3 Å². The molecular formula is C21H29N3O2. The number of nitrogens with zero attached hydrogens (tertiary/aromatic N) is 2. The Morgan fingerprint density at radius 1 is 1.04 bits per heavy atom. The summed E-state index contributed by atoms with van der Waals surface area (Å²) in [5, 5.41) is 3.32. The van der Waals surface area contributed by atoms with Crippen LogP contribution in [-0.4, -0.2) is 42.7 Å². The lowest BCUT2D eigenvalue weighted by Crippen LogP contribution is -2.33. The first kappa shape index (κ1) is 18.5. The zero-order valence-electron chi connectivity index (χ0n) is 15.6. The third-order valence-electron chi connectivity index (χ3n) is 4.56. The van der Waals surface area contributed by atoms with Crippen LogP contribution >= 0.6 is 0 Å². The van der Waals surface area contributed by atoms with Gasteiger partial charge in [0.05, 0.1) is 6.61 Å². The molecule has 1 aliphatic heterocycles. The summed E-state index contributed by atoms with van der Waals surface area (Å²) in [6.45, 7) is 7.39. The molecule has 3 rings (SSSR count). The molecule has 0 bridgehead atoms. The molecule has 26 heavy (non-hydrogen) atoms. The second-order valence-corrected chi connectivity index (χ2v) is 6.53. The van der Waals surface area contributed by atoms with Gasteiger partial charge in [0.2, 0.25) is 0 Å². The van der Waals surface area contributed by atoms with E-state index in [1.54, 1.807) is 6.20 Å². The number of aromatic nitrogens is 1. The minimum Gasteiger partial charge on any atom is -0.490 e. The van der Waals surface area contributed by atoms with Crippen LogP contribution in [0, 0.1) is 0 Å². The van der Waals surface area contributed by atoms with Crippen molar-refractivity contribution in [1.29, 1.82) is 0 Å². The average Bonchev–Trinajstić information content (AvgIpc) is 2.70. The highest BCUT2D eigenvalue weighted by Crippen LogP contribution is 2.29. The van der Waals surface area contributed by atoms with E-state index in [0.29, 0.717) is 19.8 Å². The Balaban J connectivity index is 1.55. The van der Waals surface area contributed by atoms with E-state index in [-0.39, 0.29) is 0 Å².